The number of halogens is 1. The fourth-order valence-electron chi connectivity index (χ4n) is 3.35. The molecule has 1 aliphatic carbocycles. The van der Waals surface area contributed by atoms with Crippen LogP contribution in [0.5, 0.6) is 0 Å². The first-order chi connectivity index (χ1) is 10.0. The molecule has 2 nitrogen and oxygen atoms in total. The lowest BCUT2D eigenvalue weighted by atomic mass is 9.76. The smallest absolute Gasteiger partial charge is 0.314 e. The predicted molar refractivity (Wildman–Crippen MR) is 78.9 cm³/mol. The average Bonchev–Trinajstić information content (AvgIpc) is 2.82. The number of hydrogen-bond donors (Lipinski definition) is 1. The molecule has 1 atom stereocenters. The summed E-state index contributed by atoms with van der Waals surface area (Å²) >= 11 is 0. The molecule has 1 N–H and O–H groups in total. The van der Waals surface area contributed by atoms with Crippen LogP contribution in [0.4, 0.5) is 4.39 Å². The van der Waals surface area contributed by atoms with Gasteiger partial charge in [-0.3, -0.25) is 4.79 Å². The highest BCUT2D eigenvalue weighted by Crippen LogP contribution is 2.42. The maximum atomic E-state index is 13.2. The Labute approximate surface area is 123 Å². The molecule has 0 saturated carbocycles. The molecule has 2 aromatic rings. The summed E-state index contributed by atoms with van der Waals surface area (Å²) in [6.07, 6.45) is 1.78. The van der Waals surface area contributed by atoms with Gasteiger partial charge >= 0.3 is 5.97 Å². The minimum Gasteiger partial charge on any atom is -0.481 e. The third-order valence-electron chi connectivity index (χ3n) is 4.56. The molecule has 0 radical (unpaired) electrons. The Kier molecular flexibility index (Phi) is 3.28. The number of aryl methyl sites for hydroxylation is 2. The summed E-state index contributed by atoms with van der Waals surface area (Å²) in [6, 6.07) is 12.3. The number of carboxylic acids is 1. The Hall–Kier alpha value is -2.16. The molecule has 21 heavy (non-hydrogen) atoms. The minimum atomic E-state index is -0.890. The number of benzene rings is 2. The van der Waals surface area contributed by atoms with E-state index in [1.165, 1.54) is 12.1 Å². The number of hydrogen-bond acceptors (Lipinski definition) is 1. The molecule has 0 saturated heterocycles. The van der Waals surface area contributed by atoms with Crippen molar-refractivity contribution in [3.05, 3.63) is 70.5 Å². The van der Waals surface area contributed by atoms with E-state index in [0.717, 1.165) is 28.7 Å². The lowest BCUT2D eigenvalue weighted by molar-refractivity contribution is -0.143. The molecule has 0 aromatic heterocycles. The van der Waals surface area contributed by atoms with Crippen LogP contribution in [0, 0.1) is 12.7 Å². The van der Waals surface area contributed by atoms with Crippen LogP contribution < -0.4 is 0 Å². The molecule has 0 aliphatic heterocycles. The number of fused-ring (bicyclic) bond motifs is 1. The van der Waals surface area contributed by atoms with Gasteiger partial charge in [0.25, 0.3) is 0 Å². The van der Waals surface area contributed by atoms with Crippen LogP contribution in [0.3, 0.4) is 0 Å². The first-order valence-electron chi connectivity index (χ1n) is 7.10. The van der Waals surface area contributed by atoms with Gasteiger partial charge in [0.2, 0.25) is 0 Å². The van der Waals surface area contributed by atoms with Crippen molar-refractivity contribution in [3.63, 3.8) is 0 Å². The van der Waals surface area contributed by atoms with Crippen molar-refractivity contribution in [1.82, 2.24) is 0 Å². The van der Waals surface area contributed by atoms with E-state index in [4.69, 9.17) is 0 Å². The third kappa shape index (κ3) is 2.23. The topological polar surface area (TPSA) is 37.3 Å². The molecule has 0 fully saturated rings. The van der Waals surface area contributed by atoms with Crippen molar-refractivity contribution >= 4 is 5.97 Å². The zero-order valence-corrected chi connectivity index (χ0v) is 11.9. The Morgan fingerprint density at radius 3 is 2.76 bits per heavy atom. The Balaban J connectivity index is 2.06. The lowest BCUT2D eigenvalue weighted by Gasteiger charge is -2.26. The van der Waals surface area contributed by atoms with Crippen LogP contribution in [0.2, 0.25) is 0 Å². The Bertz CT molecular complexity index is 708. The molecule has 3 rings (SSSR count). The van der Waals surface area contributed by atoms with E-state index in [9.17, 15) is 14.3 Å². The lowest BCUT2D eigenvalue weighted by Crippen LogP contribution is -2.36. The summed E-state index contributed by atoms with van der Waals surface area (Å²) in [7, 11) is 0. The standard InChI is InChI=1S/C18H17FO2/c1-12-10-15(19)7-6-14(12)11-18(17(20)21)9-8-13-4-2-3-5-16(13)18/h2-7,10H,8-9,11H2,1H3,(H,20,21). The summed E-state index contributed by atoms with van der Waals surface area (Å²) in [6.45, 7) is 1.83. The van der Waals surface area contributed by atoms with Crippen molar-refractivity contribution in [1.29, 1.82) is 0 Å². The highest BCUT2D eigenvalue weighted by molar-refractivity contribution is 5.83. The maximum Gasteiger partial charge on any atom is 0.314 e. The maximum absolute atomic E-state index is 13.2. The van der Waals surface area contributed by atoms with E-state index < -0.39 is 11.4 Å². The van der Waals surface area contributed by atoms with E-state index in [-0.39, 0.29) is 5.82 Å². The van der Waals surface area contributed by atoms with Crippen molar-refractivity contribution < 1.29 is 14.3 Å². The second-order valence-corrected chi connectivity index (χ2v) is 5.79. The van der Waals surface area contributed by atoms with Gasteiger partial charge in [-0.1, -0.05) is 30.3 Å². The largest absolute Gasteiger partial charge is 0.481 e. The second-order valence-electron chi connectivity index (χ2n) is 5.79. The van der Waals surface area contributed by atoms with Gasteiger partial charge in [-0.2, -0.15) is 0 Å². The highest BCUT2D eigenvalue weighted by Gasteiger charge is 2.45. The highest BCUT2D eigenvalue weighted by atomic mass is 19.1. The normalized spacial score (nSPS) is 20.3. The van der Waals surface area contributed by atoms with Crippen LogP contribution in [-0.2, 0) is 23.1 Å². The molecular weight excluding hydrogens is 267 g/mol. The molecule has 1 aliphatic rings. The van der Waals surface area contributed by atoms with Gasteiger partial charge in [0, 0.05) is 0 Å². The van der Waals surface area contributed by atoms with Crippen molar-refractivity contribution in [2.45, 2.75) is 31.6 Å². The van der Waals surface area contributed by atoms with Crippen LogP contribution in [0.15, 0.2) is 42.5 Å². The quantitative estimate of drug-likeness (QED) is 0.934. The van der Waals surface area contributed by atoms with Gasteiger partial charge in [0.05, 0.1) is 5.41 Å². The van der Waals surface area contributed by atoms with Crippen molar-refractivity contribution in [3.8, 4) is 0 Å². The fourth-order valence-corrected chi connectivity index (χ4v) is 3.35. The van der Waals surface area contributed by atoms with Crippen LogP contribution >= 0.6 is 0 Å². The van der Waals surface area contributed by atoms with E-state index in [0.29, 0.717) is 12.8 Å². The van der Waals surface area contributed by atoms with Gasteiger partial charge in [0.1, 0.15) is 5.82 Å². The number of aliphatic carboxylic acids is 1. The summed E-state index contributed by atoms with van der Waals surface area (Å²) < 4.78 is 13.2. The molecule has 0 spiro atoms. The zero-order valence-electron chi connectivity index (χ0n) is 11.9. The molecule has 108 valence electrons. The van der Waals surface area contributed by atoms with Crippen LogP contribution in [0.1, 0.15) is 28.7 Å². The molecular formula is C18H17FO2. The number of carboxylic acid groups (broad SMARTS) is 1. The third-order valence-corrected chi connectivity index (χ3v) is 4.56. The first kappa shape index (κ1) is 13.8. The van der Waals surface area contributed by atoms with E-state index in [2.05, 4.69) is 0 Å². The molecule has 1 unspecified atom stereocenters. The number of carbonyl (C=O) groups is 1. The van der Waals surface area contributed by atoms with E-state index >= 15 is 0 Å². The molecule has 2 aromatic carbocycles. The second kappa shape index (κ2) is 4.99. The zero-order chi connectivity index (χ0) is 15.0. The SMILES string of the molecule is Cc1cc(F)ccc1CC1(C(=O)O)CCc2ccccc21. The van der Waals surface area contributed by atoms with E-state index in [1.807, 2.05) is 31.2 Å². The summed E-state index contributed by atoms with van der Waals surface area (Å²) in [5, 5.41) is 9.84. The summed E-state index contributed by atoms with van der Waals surface area (Å²) in [4.78, 5) is 12.0. The monoisotopic (exact) mass is 284 g/mol. The minimum absolute atomic E-state index is 0.285. The van der Waals surface area contributed by atoms with E-state index in [1.54, 1.807) is 6.07 Å². The van der Waals surface area contributed by atoms with Gasteiger partial charge in [0.15, 0.2) is 0 Å². The molecule has 0 bridgehead atoms. The molecule has 0 amide bonds. The summed E-state index contributed by atoms with van der Waals surface area (Å²) in [5.74, 6) is -1.08. The fraction of sp³-hybridized carbons (Fsp3) is 0.278. The average molecular weight is 284 g/mol. The van der Waals surface area contributed by atoms with Gasteiger partial charge in [-0.15, -0.1) is 0 Å². The van der Waals surface area contributed by atoms with Gasteiger partial charge in [-0.05, 0) is 60.6 Å². The van der Waals surface area contributed by atoms with Crippen molar-refractivity contribution in [2.75, 3.05) is 0 Å². The van der Waals surface area contributed by atoms with Gasteiger partial charge in [-0.25, -0.2) is 4.39 Å². The van der Waals surface area contributed by atoms with Crippen LogP contribution in [-0.4, -0.2) is 11.1 Å². The molecule has 3 heteroatoms. The summed E-state index contributed by atoms with van der Waals surface area (Å²) in [5.41, 5.74) is 2.83. The van der Waals surface area contributed by atoms with Crippen molar-refractivity contribution in [2.24, 2.45) is 0 Å². The Morgan fingerprint density at radius 2 is 2.05 bits per heavy atom. The number of rotatable bonds is 3. The van der Waals surface area contributed by atoms with Gasteiger partial charge < -0.3 is 5.11 Å². The Morgan fingerprint density at radius 1 is 1.29 bits per heavy atom. The first-order valence-corrected chi connectivity index (χ1v) is 7.10. The van der Waals surface area contributed by atoms with Crippen LogP contribution in [0.25, 0.3) is 0 Å². The molecule has 0 heterocycles. The predicted octanol–water partition coefficient (Wildman–Crippen LogP) is 3.65.